The molecule has 1 aromatic rings. The van der Waals surface area contributed by atoms with E-state index >= 15 is 0 Å². The summed E-state index contributed by atoms with van der Waals surface area (Å²) in [6.45, 7) is 7.73. The van der Waals surface area contributed by atoms with Crippen LogP contribution in [0.1, 0.15) is 25.6 Å². The molecule has 1 nitrogen and oxygen atoms in total. The van der Waals surface area contributed by atoms with Gasteiger partial charge < -0.3 is 5.32 Å². The quantitative estimate of drug-likeness (QED) is 0.757. The zero-order chi connectivity index (χ0) is 8.97. The Morgan fingerprint density at radius 3 is 2.67 bits per heavy atom. The molecule has 0 aliphatic heterocycles. The van der Waals surface area contributed by atoms with Gasteiger partial charge in [0.1, 0.15) is 0 Å². The van der Waals surface area contributed by atoms with Gasteiger partial charge in [-0.1, -0.05) is 19.9 Å². The number of hydrogen-bond acceptors (Lipinski definition) is 2. The lowest BCUT2D eigenvalue weighted by atomic mass is 10.1. The second kappa shape index (κ2) is 4.63. The first kappa shape index (κ1) is 9.75. The van der Waals surface area contributed by atoms with Crippen molar-refractivity contribution in [2.24, 2.45) is 5.92 Å². The van der Waals surface area contributed by atoms with Gasteiger partial charge in [0.25, 0.3) is 0 Å². The lowest BCUT2D eigenvalue weighted by Gasteiger charge is -2.16. The smallest absolute Gasteiger partial charge is 0.0302 e. The van der Waals surface area contributed by atoms with E-state index in [2.05, 4.69) is 43.6 Å². The zero-order valence-corrected chi connectivity index (χ0v) is 8.82. The number of hydrogen-bond donors (Lipinski definition) is 1. The van der Waals surface area contributed by atoms with E-state index in [1.54, 1.807) is 0 Å². The third-order valence-corrected chi connectivity index (χ3v) is 3.05. The standard InChI is InChI=1S/C10H17NS/c1-8(2)9(3)11-7-10-5-4-6-12-10/h4-6,8-9,11H,7H2,1-3H3. The Morgan fingerprint density at radius 1 is 1.42 bits per heavy atom. The Kier molecular flexibility index (Phi) is 3.76. The van der Waals surface area contributed by atoms with Crippen LogP contribution in [0.3, 0.4) is 0 Å². The molecule has 0 spiro atoms. The van der Waals surface area contributed by atoms with Gasteiger partial charge >= 0.3 is 0 Å². The van der Waals surface area contributed by atoms with Crippen molar-refractivity contribution in [3.05, 3.63) is 22.4 Å². The Morgan fingerprint density at radius 2 is 2.17 bits per heavy atom. The summed E-state index contributed by atoms with van der Waals surface area (Å²) in [6.07, 6.45) is 0. The zero-order valence-electron chi connectivity index (χ0n) is 8.00. The highest BCUT2D eigenvalue weighted by Gasteiger charge is 2.05. The lowest BCUT2D eigenvalue weighted by molar-refractivity contribution is 0.428. The van der Waals surface area contributed by atoms with Crippen molar-refractivity contribution in [2.75, 3.05) is 0 Å². The molecule has 0 amide bonds. The van der Waals surface area contributed by atoms with Crippen LogP contribution in [0.25, 0.3) is 0 Å². The largest absolute Gasteiger partial charge is 0.309 e. The van der Waals surface area contributed by atoms with Crippen molar-refractivity contribution in [3.63, 3.8) is 0 Å². The average Bonchev–Trinajstić information content (AvgIpc) is 2.51. The van der Waals surface area contributed by atoms with E-state index in [0.29, 0.717) is 12.0 Å². The summed E-state index contributed by atoms with van der Waals surface area (Å²) in [4.78, 5) is 1.42. The molecule has 0 bridgehead atoms. The van der Waals surface area contributed by atoms with E-state index in [9.17, 15) is 0 Å². The third kappa shape index (κ3) is 2.95. The Labute approximate surface area is 78.8 Å². The van der Waals surface area contributed by atoms with Gasteiger partial charge in [-0.15, -0.1) is 11.3 Å². The van der Waals surface area contributed by atoms with Crippen molar-refractivity contribution in [2.45, 2.75) is 33.4 Å². The van der Waals surface area contributed by atoms with Gasteiger partial charge in [-0.2, -0.15) is 0 Å². The predicted molar refractivity (Wildman–Crippen MR) is 55.5 cm³/mol. The van der Waals surface area contributed by atoms with E-state index in [1.165, 1.54) is 4.88 Å². The van der Waals surface area contributed by atoms with Crippen molar-refractivity contribution in [3.8, 4) is 0 Å². The first-order valence-corrected chi connectivity index (χ1v) is 5.34. The number of thiophene rings is 1. The average molecular weight is 183 g/mol. The van der Waals surface area contributed by atoms with Crippen LogP contribution in [0.4, 0.5) is 0 Å². The minimum absolute atomic E-state index is 0.604. The summed E-state index contributed by atoms with van der Waals surface area (Å²) in [5.41, 5.74) is 0. The van der Waals surface area contributed by atoms with Crippen LogP contribution in [0.15, 0.2) is 17.5 Å². The Hall–Kier alpha value is -0.340. The highest BCUT2D eigenvalue weighted by Crippen LogP contribution is 2.09. The second-order valence-corrected chi connectivity index (χ2v) is 4.53. The van der Waals surface area contributed by atoms with Crippen LogP contribution in [0.5, 0.6) is 0 Å². The van der Waals surface area contributed by atoms with Crippen molar-refractivity contribution < 1.29 is 0 Å². The molecule has 1 rings (SSSR count). The van der Waals surface area contributed by atoms with Gasteiger partial charge in [-0.3, -0.25) is 0 Å². The molecule has 0 radical (unpaired) electrons. The highest BCUT2D eigenvalue weighted by molar-refractivity contribution is 7.09. The van der Waals surface area contributed by atoms with Gasteiger partial charge in [0, 0.05) is 17.5 Å². The van der Waals surface area contributed by atoms with E-state index in [-0.39, 0.29) is 0 Å². The fourth-order valence-corrected chi connectivity index (χ4v) is 1.57. The minimum atomic E-state index is 0.604. The van der Waals surface area contributed by atoms with Gasteiger partial charge in [-0.25, -0.2) is 0 Å². The van der Waals surface area contributed by atoms with Crippen LogP contribution in [-0.2, 0) is 6.54 Å². The summed E-state index contributed by atoms with van der Waals surface area (Å²) >= 11 is 1.81. The molecule has 2 heteroatoms. The van der Waals surface area contributed by atoms with Gasteiger partial charge in [0.05, 0.1) is 0 Å². The Balaban J connectivity index is 2.27. The molecule has 68 valence electrons. The summed E-state index contributed by atoms with van der Waals surface area (Å²) in [6, 6.07) is 4.87. The molecular formula is C10H17NS. The maximum absolute atomic E-state index is 3.49. The fraction of sp³-hybridized carbons (Fsp3) is 0.600. The van der Waals surface area contributed by atoms with E-state index in [1.807, 2.05) is 11.3 Å². The molecule has 0 aliphatic carbocycles. The molecule has 12 heavy (non-hydrogen) atoms. The van der Waals surface area contributed by atoms with Crippen molar-refractivity contribution in [1.82, 2.24) is 5.32 Å². The lowest BCUT2D eigenvalue weighted by Crippen LogP contribution is -2.29. The van der Waals surface area contributed by atoms with Crippen LogP contribution in [0, 0.1) is 5.92 Å². The summed E-state index contributed by atoms with van der Waals surface area (Å²) in [5.74, 6) is 0.713. The minimum Gasteiger partial charge on any atom is -0.309 e. The SMILES string of the molecule is CC(C)C(C)NCc1cccs1. The molecule has 1 heterocycles. The first-order valence-electron chi connectivity index (χ1n) is 4.46. The molecule has 0 saturated heterocycles. The highest BCUT2D eigenvalue weighted by atomic mass is 32.1. The van der Waals surface area contributed by atoms with Gasteiger partial charge in [0.2, 0.25) is 0 Å². The maximum atomic E-state index is 3.49. The van der Waals surface area contributed by atoms with Crippen LogP contribution < -0.4 is 5.32 Å². The third-order valence-electron chi connectivity index (χ3n) is 2.18. The Bertz CT molecular complexity index is 204. The van der Waals surface area contributed by atoms with Crippen LogP contribution >= 0.6 is 11.3 Å². The second-order valence-electron chi connectivity index (χ2n) is 3.49. The molecule has 1 atom stereocenters. The molecule has 0 aromatic carbocycles. The molecule has 1 aromatic heterocycles. The van der Waals surface area contributed by atoms with E-state index < -0.39 is 0 Å². The molecule has 0 fully saturated rings. The van der Waals surface area contributed by atoms with E-state index in [4.69, 9.17) is 0 Å². The fourth-order valence-electron chi connectivity index (χ4n) is 0.910. The molecule has 1 unspecified atom stereocenters. The first-order chi connectivity index (χ1) is 5.70. The molecule has 1 N–H and O–H groups in total. The summed E-state index contributed by atoms with van der Waals surface area (Å²) < 4.78 is 0. The predicted octanol–water partition coefficient (Wildman–Crippen LogP) is 2.88. The van der Waals surface area contributed by atoms with Crippen LogP contribution in [-0.4, -0.2) is 6.04 Å². The van der Waals surface area contributed by atoms with Crippen LogP contribution in [0.2, 0.25) is 0 Å². The van der Waals surface area contributed by atoms with E-state index in [0.717, 1.165) is 6.54 Å². The number of rotatable bonds is 4. The van der Waals surface area contributed by atoms with Crippen molar-refractivity contribution in [1.29, 1.82) is 0 Å². The molecule has 0 aliphatic rings. The number of nitrogens with one attached hydrogen (secondary N) is 1. The van der Waals surface area contributed by atoms with Gasteiger partial charge in [-0.05, 0) is 24.3 Å². The normalized spacial score (nSPS) is 13.7. The maximum Gasteiger partial charge on any atom is 0.0302 e. The summed E-state index contributed by atoms with van der Waals surface area (Å²) in [7, 11) is 0. The molecule has 0 saturated carbocycles. The topological polar surface area (TPSA) is 12.0 Å². The monoisotopic (exact) mass is 183 g/mol. The van der Waals surface area contributed by atoms with Crippen molar-refractivity contribution >= 4 is 11.3 Å². The van der Waals surface area contributed by atoms with Gasteiger partial charge in [0.15, 0.2) is 0 Å². The summed E-state index contributed by atoms with van der Waals surface area (Å²) in [5, 5.41) is 5.62. The molecular weight excluding hydrogens is 166 g/mol.